The fourth-order valence-electron chi connectivity index (χ4n) is 1.13. The van der Waals surface area contributed by atoms with E-state index in [-0.39, 0.29) is 18.1 Å². The summed E-state index contributed by atoms with van der Waals surface area (Å²) < 4.78 is 1.69. The summed E-state index contributed by atoms with van der Waals surface area (Å²) in [7, 11) is 0. The standard InChI is InChI=1S/C8H15N3O/c1-8(2,3)7(4-12)11-6-9-5-10-11/h5-7,12H,4H2,1-3H3. The molecule has 0 fully saturated rings. The highest BCUT2D eigenvalue weighted by Gasteiger charge is 2.25. The summed E-state index contributed by atoms with van der Waals surface area (Å²) in [5, 5.41) is 13.1. The third-order valence-electron chi connectivity index (χ3n) is 1.93. The molecule has 0 spiro atoms. The molecule has 4 nitrogen and oxygen atoms in total. The summed E-state index contributed by atoms with van der Waals surface area (Å²) in [5.41, 5.74) is 0.00243. The first kappa shape index (κ1) is 9.19. The van der Waals surface area contributed by atoms with Gasteiger partial charge in [0.15, 0.2) is 0 Å². The van der Waals surface area contributed by atoms with Gasteiger partial charge in [-0.3, -0.25) is 0 Å². The Labute approximate surface area is 72.2 Å². The molecule has 0 radical (unpaired) electrons. The topological polar surface area (TPSA) is 50.9 Å². The predicted octanol–water partition coefficient (Wildman–Crippen LogP) is 0.858. The molecule has 1 rings (SSSR count). The third-order valence-corrected chi connectivity index (χ3v) is 1.93. The SMILES string of the molecule is CC(C)(C)C(CO)n1cncn1. The molecular formula is C8H15N3O. The largest absolute Gasteiger partial charge is 0.394 e. The van der Waals surface area contributed by atoms with Crippen LogP contribution in [0.15, 0.2) is 12.7 Å². The Morgan fingerprint density at radius 2 is 2.17 bits per heavy atom. The van der Waals surface area contributed by atoms with Crippen LogP contribution in [0, 0.1) is 5.41 Å². The number of hydrogen-bond donors (Lipinski definition) is 1. The molecule has 1 atom stereocenters. The van der Waals surface area contributed by atoms with Gasteiger partial charge in [0.1, 0.15) is 12.7 Å². The van der Waals surface area contributed by atoms with Crippen molar-refractivity contribution in [1.29, 1.82) is 0 Å². The summed E-state index contributed by atoms with van der Waals surface area (Å²) in [6, 6.07) is -0.000000000000000444. The Bertz CT molecular complexity index is 225. The van der Waals surface area contributed by atoms with Gasteiger partial charge >= 0.3 is 0 Å². The summed E-state index contributed by atoms with van der Waals surface area (Å²) in [6.45, 7) is 6.29. The molecule has 1 heterocycles. The molecular weight excluding hydrogens is 154 g/mol. The summed E-state index contributed by atoms with van der Waals surface area (Å²) in [4.78, 5) is 3.85. The minimum Gasteiger partial charge on any atom is -0.394 e. The van der Waals surface area contributed by atoms with Gasteiger partial charge in [0.25, 0.3) is 0 Å². The second-order valence-electron chi connectivity index (χ2n) is 3.94. The highest BCUT2D eigenvalue weighted by molar-refractivity contribution is 4.78. The highest BCUT2D eigenvalue weighted by atomic mass is 16.3. The molecule has 0 saturated carbocycles. The molecule has 0 saturated heterocycles. The second kappa shape index (κ2) is 3.23. The first-order chi connectivity index (χ1) is 5.55. The van der Waals surface area contributed by atoms with Crippen molar-refractivity contribution in [3.63, 3.8) is 0 Å². The van der Waals surface area contributed by atoms with Gasteiger partial charge in [-0.1, -0.05) is 20.8 Å². The van der Waals surface area contributed by atoms with Crippen LogP contribution in [0.1, 0.15) is 26.8 Å². The molecule has 12 heavy (non-hydrogen) atoms. The number of aliphatic hydroxyl groups excluding tert-OH is 1. The Morgan fingerprint density at radius 1 is 1.50 bits per heavy atom. The van der Waals surface area contributed by atoms with E-state index in [1.165, 1.54) is 6.33 Å². The molecule has 0 aliphatic heterocycles. The van der Waals surface area contributed by atoms with Gasteiger partial charge in [-0.05, 0) is 5.41 Å². The first-order valence-electron chi connectivity index (χ1n) is 4.00. The predicted molar refractivity (Wildman–Crippen MR) is 45.6 cm³/mol. The lowest BCUT2D eigenvalue weighted by atomic mass is 9.87. The Balaban J connectivity index is 2.84. The van der Waals surface area contributed by atoms with Crippen LogP contribution in [0.3, 0.4) is 0 Å². The van der Waals surface area contributed by atoms with E-state index in [4.69, 9.17) is 5.11 Å². The molecule has 4 heteroatoms. The maximum absolute atomic E-state index is 9.14. The van der Waals surface area contributed by atoms with Crippen LogP contribution in [0.5, 0.6) is 0 Å². The van der Waals surface area contributed by atoms with Crippen molar-refractivity contribution >= 4 is 0 Å². The second-order valence-corrected chi connectivity index (χ2v) is 3.94. The van der Waals surface area contributed by atoms with Gasteiger partial charge in [-0.2, -0.15) is 5.10 Å². The van der Waals surface area contributed by atoms with Crippen molar-refractivity contribution in [2.75, 3.05) is 6.61 Å². The van der Waals surface area contributed by atoms with Gasteiger partial charge in [-0.15, -0.1) is 0 Å². The van der Waals surface area contributed by atoms with E-state index in [0.29, 0.717) is 0 Å². The lowest BCUT2D eigenvalue weighted by Crippen LogP contribution is -2.27. The molecule has 0 aromatic carbocycles. The molecule has 0 amide bonds. The lowest BCUT2D eigenvalue weighted by molar-refractivity contribution is 0.127. The number of aliphatic hydroxyl groups is 1. The van der Waals surface area contributed by atoms with Crippen LogP contribution >= 0.6 is 0 Å². The summed E-state index contributed by atoms with van der Waals surface area (Å²) in [5.74, 6) is 0. The smallest absolute Gasteiger partial charge is 0.137 e. The normalized spacial score (nSPS) is 14.7. The number of aromatic nitrogens is 3. The molecule has 1 unspecified atom stereocenters. The average Bonchev–Trinajstić information content (AvgIpc) is 2.38. The van der Waals surface area contributed by atoms with Gasteiger partial charge in [0.05, 0.1) is 12.6 Å². The van der Waals surface area contributed by atoms with Gasteiger partial charge < -0.3 is 5.11 Å². The fraction of sp³-hybridized carbons (Fsp3) is 0.750. The van der Waals surface area contributed by atoms with Crippen molar-refractivity contribution < 1.29 is 5.11 Å². The Kier molecular flexibility index (Phi) is 2.47. The van der Waals surface area contributed by atoms with Gasteiger partial charge in [0.2, 0.25) is 0 Å². The van der Waals surface area contributed by atoms with Crippen LogP contribution in [-0.2, 0) is 0 Å². The minimum atomic E-state index is -0.000000000000000444. The zero-order chi connectivity index (χ0) is 9.19. The zero-order valence-corrected chi connectivity index (χ0v) is 7.73. The summed E-state index contributed by atoms with van der Waals surface area (Å²) >= 11 is 0. The van der Waals surface area contributed by atoms with Crippen molar-refractivity contribution in [2.45, 2.75) is 26.8 Å². The number of nitrogens with zero attached hydrogens (tertiary/aromatic N) is 3. The minimum absolute atomic E-state index is 0.000000000000000444. The number of rotatable bonds is 2. The first-order valence-corrected chi connectivity index (χ1v) is 4.00. The van der Waals surface area contributed by atoms with E-state index in [1.54, 1.807) is 11.0 Å². The van der Waals surface area contributed by atoms with E-state index in [2.05, 4.69) is 30.9 Å². The van der Waals surface area contributed by atoms with E-state index in [0.717, 1.165) is 0 Å². The fourth-order valence-corrected chi connectivity index (χ4v) is 1.13. The van der Waals surface area contributed by atoms with Crippen LogP contribution in [0.2, 0.25) is 0 Å². The van der Waals surface area contributed by atoms with Crippen molar-refractivity contribution in [1.82, 2.24) is 14.8 Å². The van der Waals surface area contributed by atoms with E-state index in [9.17, 15) is 0 Å². The Morgan fingerprint density at radius 3 is 2.50 bits per heavy atom. The maximum Gasteiger partial charge on any atom is 0.137 e. The lowest BCUT2D eigenvalue weighted by Gasteiger charge is -2.28. The molecule has 0 aliphatic carbocycles. The highest BCUT2D eigenvalue weighted by Crippen LogP contribution is 2.28. The monoisotopic (exact) mass is 169 g/mol. The van der Waals surface area contributed by atoms with Gasteiger partial charge in [-0.25, -0.2) is 9.67 Å². The van der Waals surface area contributed by atoms with Crippen LogP contribution in [0.25, 0.3) is 0 Å². The molecule has 68 valence electrons. The Hall–Kier alpha value is -0.900. The number of hydrogen-bond acceptors (Lipinski definition) is 3. The van der Waals surface area contributed by atoms with E-state index >= 15 is 0 Å². The average molecular weight is 169 g/mol. The molecule has 1 N–H and O–H groups in total. The molecule has 0 bridgehead atoms. The molecule has 1 aromatic heterocycles. The van der Waals surface area contributed by atoms with Crippen molar-refractivity contribution in [3.8, 4) is 0 Å². The molecule has 1 aromatic rings. The van der Waals surface area contributed by atoms with E-state index < -0.39 is 0 Å². The van der Waals surface area contributed by atoms with Crippen LogP contribution in [-0.4, -0.2) is 26.5 Å². The third kappa shape index (κ3) is 1.82. The maximum atomic E-state index is 9.14. The van der Waals surface area contributed by atoms with Crippen molar-refractivity contribution in [3.05, 3.63) is 12.7 Å². The quantitative estimate of drug-likeness (QED) is 0.714. The van der Waals surface area contributed by atoms with E-state index in [1.807, 2.05) is 0 Å². The summed E-state index contributed by atoms with van der Waals surface area (Å²) in [6.07, 6.45) is 3.11. The molecule has 0 aliphatic rings. The zero-order valence-electron chi connectivity index (χ0n) is 7.73. The van der Waals surface area contributed by atoms with Gasteiger partial charge in [0, 0.05) is 0 Å². The van der Waals surface area contributed by atoms with Crippen molar-refractivity contribution in [2.24, 2.45) is 5.41 Å². The van der Waals surface area contributed by atoms with Crippen LogP contribution in [0.4, 0.5) is 0 Å². The van der Waals surface area contributed by atoms with Crippen LogP contribution < -0.4 is 0 Å².